The van der Waals surface area contributed by atoms with Gasteiger partial charge in [0.25, 0.3) is 5.91 Å². The predicted molar refractivity (Wildman–Crippen MR) is 66.9 cm³/mol. The van der Waals surface area contributed by atoms with Crippen LogP contribution in [0.25, 0.3) is 0 Å². The number of hydrogen-bond donors (Lipinski definition) is 2. The van der Waals surface area contributed by atoms with E-state index in [1.165, 1.54) is 16.4 Å². The lowest BCUT2D eigenvalue weighted by molar-refractivity contribution is 0.0953. The maximum atomic E-state index is 13.7. The van der Waals surface area contributed by atoms with E-state index >= 15 is 0 Å². The molecule has 6 nitrogen and oxygen atoms in total. The fourth-order valence-corrected chi connectivity index (χ4v) is 3.47. The number of nitrogen functional groups attached to an aromatic ring is 1. The predicted octanol–water partition coefficient (Wildman–Crippen LogP) is -0.0353. The Balaban J connectivity index is 2.27. The first kappa shape index (κ1) is 13.9. The van der Waals surface area contributed by atoms with Gasteiger partial charge in [-0.15, -0.1) is 0 Å². The third-order valence-electron chi connectivity index (χ3n) is 2.99. The molecule has 0 aliphatic carbocycles. The number of benzene rings is 1. The SMILES string of the molecule is NNC(=O)c1ccc(F)c(CN2CCCS2(=O)=O)c1. The average molecular weight is 287 g/mol. The second-order valence-electron chi connectivity index (χ2n) is 4.28. The number of rotatable bonds is 3. The van der Waals surface area contributed by atoms with Gasteiger partial charge in [0, 0.05) is 24.2 Å². The van der Waals surface area contributed by atoms with Crippen molar-refractivity contribution in [3.8, 4) is 0 Å². The minimum atomic E-state index is -3.30. The zero-order valence-electron chi connectivity index (χ0n) is 10.1. The summed E-state index contributed by atoms with van der Waals surface area (Å²) in [4.78, 5) is 11.4. The van der Waals surface area contributed by atoms with Gasteiger partial charge in [-0.25, -0.2) is 18.7 Å². The van der Waals surface area contributed by atoms with Gasteiger partial charge in [-0.05, 0) is 24.6 Å². The number of halogens is 1. The third-order valence-corrected chi connectivity index (χ3v) is 4.89. The third kappa shape index (κ3) is 2.91. The molecule has 1 aromatic carbocycles. The quantitative estimate of drug-likeness (QED) is 0.464. The van der Waals surface area contributed by atoms with Crippen LogP contribution in [0.1, 0.15) is 22.3 Å². The second-order valence-corrected chi connectivity index (χ2v) is 6.37. The number of nitrogens with zero attached hydrogens (tertiary/aromatic N) is 1. The Kier molecular flexibility index (Phi) is 3.83. The van der Waals surface area contributed by atoms with Crippen LogP contribution in [0.4, 0.5) is 4.39 Å². The Morgan fingerprint density at radius 2 is 2.21 bits per heavy atom. The molecule has 1 aromatic rings. The summed E-state index contributed by atoms with van der Waals surface area (Å²) in [7, 11) is -3.30. The minimum Gasteiger partial charge on any atom is -0.290 e. The lowest BCUT2D eigenvalue weighted by Crippen LogP contribution is -2.30. The van der Waals surface area contributed by atoms with Gasteiger partial charge in [-0.2, -0.15) is 4.31 Å². The molecule has 0 radical (unpaired) electrons. The van der Waals surface area contributed by atoms with Crippen molar-refractivity contribution in [3.63, 3.8) is 0 Å². The van der Waals surface area contributed by atoms with E-state index in [1.54, 1.807) is 0 Å². The van der Waals surface area contributed by atoms with Crippen molar-refractivity contribution >= 4 is 15.9 Å². The molecule has 0 spiro atoms. The van der Waals surface area contributed by atoms with E-state index in [0.29, 0.717) is 13.0 Å². The molecule has 0 aromatic heterocycles. The summed E-state index contributed by atoms with van der Waals surface area (Å²) in [5.41, 5.74) is 2.29. The Hall–Kier alpha value is -1.51. The summed E-state index contributed by atoms with van der Waals surface area (Å²) in [6.45, 7) is 0.301. The Bertz CT molecular complexity index is 603. The topological polar surface area (TPSA) is 92.5 Å². The van der Waals surface area contributed by atoms with Crippen LogP contribution in [0.3, 0.4) is 0 Å². The molecule has 3 N–H and O–H groups in total. The van der Waals surface area contributed by atoms with Crippen molar-refractivity contribution in [3.05, 3.63) is 35.1 Å². The summed E-state index contributed by atoms with van der Waals surface area (Å²) in [6, 6.07) is 3.73. The molecule has 0 atom stereocenters. The van der Waals surface area contributed by atoms with Crippen LogP contribution in [-0.2, 0) is 16.6 Å². The number of nitrogens with one attached hydrogen (secondary N) is 1. The molecular weight excluding hydrogens is 273 g/mol. The van der Waals surface area contributed by atoms with E-state index in [2.05, 4.69) is 0 Å². The van der Waals surface area contributed by atoms with Gasteiger partial charge in [0.1, 0.15) is 5.82 Å². The minimum absolute atomic E-state index is 0.0696. The van der Waals surface area contributed by atoms with E-state index in [4.69, 9.17) is 5.84 Å². The molecule has 1 fully saturated rings. The van der Waals surface area contributed by atoms with Crippen molar-refractivity contribution in [2.45, 2.75) is 13.0 Å². The fourth-order valence-electron chi connectivity index (χ4n) is 1.98. The average Bonchev–Trinajstić information content (AvgIpc) is 2.70. The van der Waals surface area contributed by atoms with Crippen LogP contribution in [0.5, 0.6) is 0 Å². The molecule has 0 saturated carbocycles. The van der Waals surface area contributed by atoms with Crippen molar-refractivity contribution < 1.29 is 17.6 Å². The molecular formula is C11H14FN3O3S. The van der Waals surface area contributed by atoms with E-state index in [1.807, 2.05) is 5.43 Å². The lowest BCUT2D eigenvalue weighted by atomic mass is 10.1. The first-order chi connectivity index (χ1) is 8.94. The maximum absolute atomic E-state index is 13.7. The maximum Gasteiger partial charge on any atom is 0.265 e. The first-order valence-corrected chi connectivity index (χ1v) is 7.32. The second kappa shape index (κ2) is 5.24. The monoisotopic (exact) mass is 287 g/mol. The van der Waals surface area contributed by atoms with E-state index in [9.17, 15) is 17.6 Å². The number of hydrogen-bond acceptors (Lipinski definition) is 4. The molecule has 19 heavy (non-hydrogen) atoms. The zero-order chi connectivity index (χ0) is 14.0. The molecule has 1 aliphatic heterocycles. The smallest absolute Gasteiger partial charge is 0.265 e. The van der Waals surface area contributed by atoms with Gasteiger partial charge in [0.05, 0.1) is 5.75 Å². The Morgan fingerprint density at radius 3 is 2.79 bits per heavy atom. The zero-order valence-corrected chi connectivity index (χ0v) is 10.9. The van der Waals surface area contributed by atoms with Crippen LogP contribution >= 0.6 is 0 Å². The van der Waals surface area contributed by atoms with Crippen LogP contribution in [0, 0.1) is 5.82 Å². The van der Waals surface area contributed by atoms with Crippen LogP contribution in [-0.4, -0.2) is 30.9 Å². The standard InChI is InChI=1S/C11H14FN3O3S/c12-10-3-2-8(11(16)14-13)6-9(10)7-15-4-1-5-19(15,17)18/h2-3,6H,1,4-5,7,13H2,(H,14,16). The first-order valence-electron chi connectivity index (χ1n) is 5.71. The normalized spacial score (nSPS) is 18.4. The van der Waals surface area contributed by atoms with Gasteiger partial charge < -0.3 is 0 Å². The highest BCUT2D eigenvalue weighted by Gasteiger charge is 2.28. The lowest BCUT2D eigenvalue weighted by Gasteiger charge is -2.15. The summed E-state index contributed by atoms with van der Waals surface area (Å²) in [5.74, 6) is 3.98. The molecule has 0 bridgehead atoms. The van der Waals surface area contributed by atoms with Crippen LogP contribution < -0.4 is 11.3 Å². The van der Waals surface area contributed by atoms with Gasteiger partial charge in [-0.3, -0.25) is 10.2 Å². The molecule has 104 valence electrons. The fraction of sp³-hybridized carbons (Fsp3) is 0.364. The number of sulfonamides is 1. The Labute approximate surface area is 110 Å². The molecule has 2 rings (SSSR count). The van der Waals surface area contributed by atoms with Crippen LogP contribution in [0.2, 0.25) is 0 Å². The van der Waals surface area contributed by atoms with Gasteiger partial charge in [0.15, 0.2) is 0 Å². The summed E-state index contributed by atoms with van der Waals surface area (Å²) < 4.78 is 38.2. The Morgan fingerprint density at radius 1 is 1.47 bits per heavy atom. The number of nitrogens with two attached hydrogens (primary N) is 1. The molecule has 1 heterocycles. The molecule has 0 unspecified atom stereocenters. The molecule has 1 saturated heterocycles. The summed E-state index contributed by atoms with van der Waals surface area (Å²) in [5, 5.41) is 0. The molecule has 1 amide bonds. The van der Waals surface area contributed by atoms with E-state index in [0.717, 1.165) is 6.07 Å². The largest absolute Gasteiger partial charge is 0.290 e. The highest BCUT2D eigenvalue weighted by molar-refractivity contribution is 7.89. The van der Waals surface area contributed by atoms with Gasteiger partial charge in [0.2, 0.25) is 10.0 Å². The van der Waals surface area contributed by atoms with Crippen molar-refractivity contribution in [2.24, 2.45) is 5.84 Å². The number of carbonyl (C=O) groups is 1. The summed E-state index contributed by atoms with van der Waals surface area (Å²) in [6.07, 6.45) is 0.535. The van der Waals surface area contributed by atoms with E-state index < -0.39 is 21.7 Å². The van der Waals surface area contributed by atoms with Crippen molar-refractivity contribution in [2.75, 3.05) is 12.3 Å². The van der Waals surface area contributed by atoms with E-state index in [-0.39, 0.29) is 23.4 Å². The molecule has 8 heteroatoms. The highest BCUT2D eigenvalue weighted by atomic mass is 32.2. The summed E-state index contributed by atoms with van der Waals surface area (Å²) >= 11 is 0. The van der Waals surface area contributed by atoms with Crippen molar-refractivity contribution in [1.29, 1.82) is 0 Å². The van der Waals surface area contributed by atoms with Crippen LogP contribution in [0.15, 0.2) is 18.2 Å². The molecule has 1 aliphatic rings. The van der Waals surface area contributed by atoms with Gasteiger partial charge in [-0.1, -0.05) is 0 Å². The number of carbonyl (C=O) groups excluding carboxylic acids is 1. The number of hydrazine groups is 1. The van der Waals surface area contributed by atoms with Gasteiger partial charge >= 0.3 is 0 Å². The number of amides is 1. The highest BCUT2D eigenvalue weighted by Crippen LogP contribution is 2.20. The van der Waals surface area contributed by atoms with Crippen molar-refractivity contribution in [1.82, 2.24) is 9.73 Å².